The molecule has 10 nitrogen and oxygen atoms in total. The highest BCUT2D eigenvalue weighted by Crippen LogP contribution is 2.22. The smallest absolute Gasteiger partial charge is 0.306 e. The summed E-state index contributed by atoms with van der Waals surface area (Å²) in [6.45, 7) is 3.23. The maximum Gasteiger partial charge on any atom is 0.306 e. The molecular weight excluding hydrogens is 725 g/mol. The summed E-state index contributed by atoms with van der Waals surface area (Å²) >= 11 is 0. The lowest BCUT2D eigenvalue weighted by Crippen LogP contribution is -2.59. The molecule has 0 bridgehead atoms. The van der Waals surface area contributed by atoms with Crippen LogP contribution in [0.3, 0.4) is 0 Å². The molecule has 57 heavy (non-hydrogen) atoms. The monoisotopic (exact) mass is 805 g/mol. The van der Waals surface area contributed by atoms with Crippen LogP contribution in [0.2, 0.25) is 0 Å². The van der Waals surface area contributed by atoms with Crippen LogP contribution >= 0.6 is 0 Å². The molecule has 1 aliphatic heterocycles. The maximum atomic E-state index is 12.7. The van der Waals surface area contributed by atoms with E-state index in [-0.39, 0.29) is 26.1 Å². The van der Waals surface area contributed by atoms with Crippen molar-refractivity contribution in [2.24, 2.45) is 0 Å². The van der Waals surface area contributed by atoms with E-state index in [2.05, 4.69) is 62.5 Å². The van der Waals surface area contributed by atoms with Gasteiger partial charge in [-0.3, -0.25) is 9.59 Å². The van der Waals surface area contributed by atoms with Gasteiger partial charge in [0.1, 0.15) is 31.0 Å². The number of esters is 2. The zero-order valence-corrected chi connectivity index (χ0v) is 35.6. The van der Waals surface area contributed by atoms with Gasteiger partial charge in [0.25, 0.3) is 0 Å². The third kappa shape index (κ3) is 29.3. The van der Waals surface area contributed by atoms with Gasteiger partial charge in [-0.05, 0) is 64.2 Å². The molecule has 328 valence electrons. The lowest BCUT2D eigenvalue weighted by atomic mass is 9.99. The van der Waals surface area contributed by atoms with Crippen LogP contribution in [0.25, 0.3) is 0 Å². The van der Waals surface area contributed by atoms with Crippen molar-refractivity contribution >= 4 is 11.9 Å². The number of hydrogen-bond donors (Lipinski definition) is 4. The van der Waals surface area contributed by atoms with Crippen LogP contribution in [0.5, 0.6) is 0 Å². The van der Waals surface area contributed by atoms with E-state index < -0.39 is 55.4 Å². The van der Waals surface area contributed by atoms with Crippen molar-refractivity contribution in [3.05, 3.63) is 60.8 Å². The van der Waals surface area contributed by atoms with E-state index in [1.54, 1.807) is 0 Å². The normalized spacial score (nSPS) is 20.8. The second-order valence-electron chi connectivity index (χ2n) is 15.1. The average molecular weight is 805 g/mol. The Bertz CT molecular complexity index is 1110. The first kappa shape index (κ1) is 52.4. The first-order valence-corrected chi connectivity index (χ1v) is 22.4. The molecule has 1 fully saturated rings. The Hall–Kier alpha value is -2.60. The van der Waals surface area contributed by atoms with Crippen LogP contribution in [-0.2, 0) is 28.5 Å². The summed E-state index contributed by atoms with van der Waals surface area (Å²) < 4.78 is 22.1. The molecule has 4 N–H and O–H groups in total. The van der Waals surface area contributed by atoms with Crippen LogP contribution in [0.15, 0.2) is 60.8 Å². The van der Waals surface area contributed by atoms with Crippen LogP contribution in [0.1, 0.15) is 168 Å². The molecule has 0 saturated carbocycles. The van der Waals surface area contributed by atoms with Gasteiger partial charge in [0.05, 0.1) is 13.2 Å². The van der Waals surface area contributed by atoms with Crippen molar-refractivity contribution in [1.82, 2.24) is 0 Å². The number of rotatable bonds is 36. The maximum absolute atomic E-state index is 12.7. The van der Waals surface area contributed by atoms with E-state index in [9.17, 15) is 30.0 Å². The Morgan fingerprint density at radius 3 is 1.63 bits per heavy atom. The third-order valence-corrected chi connectivity index (χ3v) is 9.90. The molecule has 6 atom stereocenters. The minimum Gasteiger partial charge on any atom is -0.462 e. The number of carbonyl (C=O) groups is 2. The number of carbonyl (C=O) groups excluding carboxylic acids is 2. The highest BCUT2D eigenvalue weighted by atomic mass is 16.7. The Labute approximate surface area is 345 Å². The zero-order valence-electron chi connectivity index (χ0n) is 35.6. The summed E-state index contributed by atoms with van der Waals surface area (Å²) in [6, 6.07) is 0. The fraction of sp³-hybridized carbons (Fsp3) is 0.745. The lowest BCUT2D eigenvalue weighted by molar-refractivity contribution is -0.305. The van der Waals surface area contributed by atoms with Gasteiger partial charge < -0.3 is 39.4 Å². The molecule has 3 unspecified atom stereocenters. The summed E-state index contributed by atoms with van der Waals surface area (Å²) in [7, 11) is 0. The van der Waals surface area contributed by atoms with Crippen LogP contribution in [0, 0.1) is 0 Å². The van der Waals surface area contributed by atoms with E-state index in [0.29, 0.717) is 12.8 Å². The van der Waals surface area contributed by atoms with Gasteiger partial charge in [0.2, 0.25) is 0 Å². The largest absolute Gasteiger partial charge is 0.462 e. The second kappa shape index (κ2) is 37.7. The highest BCUT2D eigenvalue weighted by molar-refractivity contribution is 5.70. The fourth-order valence-electron chi connectivity index (χ4n) is 6.37. The highest BCUT2D eigenvalue weighted by Gasteiger charge is 2.44. The Morgan fingerprint density at radius 2 is 1.07 bits per heavy atom. The quantitative estimate of drug-likeness (QED) is 0.0274. The van der Waals surface area contributed by atoms with Gasteiger partial charge in [-0.15, -0.1) is 0 Å². The van der Waals surface area contributed by atoms with Gasteiger partial charge in [0.15, 0.2) is 12.4 Å². The van der Waals surface area contributed by atoms with E-state index in [1.807, 2.05) is 12.2 Å². The number of aliphatic hydroxyl groups excluding tert-OH is 4. The molecule has 0 aliphatic carbocycles. The van der Waals surface area contributed by atoms with Crippen LogP contribution < -0.4 is 0 Å². The van der Waals surface area contributed by atoms with Crippen LogP contribution in [0.4, 0.5) is 0 Å². The van der Waals surface area contributed by atoms with Crippen LogP contribution in [-0.4, -0.2) is 89.0 Å². The van der Waals surface area contributed by atoms with Gasteiger partial charge in [0, 0.05) is 12.8 Å². The van der Waals surface area contributed by atoms with E-state index in [1.165, 1.54) is 70.6 Å². The lowest BCUT2D eigenvalue weighted by Gasteiger charge is -2.39. The minimum absolute atomic E-state index is 0.121. The van der Waals surface area contributed by atoms with Crippen molar-refractivity contribution in [2.45, 2.75) is 205 Å². The molecule has 0 aromatic carbocycles. The first-order valence-electron chi connectivity index (χ1n) is 22.4. The molecule has 1 aliphatic rings. The topological polar surface area (TPSA) is 152 Å². The molecule has 1 saturated heterocycles. The molecule has 0 spiro atoms. The molecule has 1 rings (SSSR count). The number of aliphatic hydroxyl groups is 4. The van der Waals surface area contributed by atoms with E-state index in [0.717, 1.165) is 57.8 Å². The predicted octanol–water partition coefficient (Wildman–Crippen LogP) is 9.44. The molecule has 0 aromatic rings. The van der Waals surface area contributed by atoms with E-state index >= 15 is 0 Å². The Kier molecular flexibility index (Phi) is 34.6. The standard InChI is InChI=1S/C47H80O10/c1-3-5-7-9-11-13-15-17-18-19-20-21-22-24-25-27-29-31-33-35-42(49)54-38-40(39-55-47-46(53)45(52)44(51)41(37-48)57-47)56-43(50)36-34-32-30-28-26-23-16-14-12-10-8-6-4-2/h5,7,11,13,17-18,23,26,30,32,40-41,44-48,51-53H,3-4,6,8-10,12,14-16,19-22,24-25,27-29,31,33-39H2,1-2H3/b7-5+,13-11+,18-17+,26-23+,32-30+/t40?,41-,44+,45?,46?,47-/m0/s1. The SMILES string of the molecule is CC/C=C/C/C=C/C/C=C/CCCCCCCCCCCC(=O)OCC(CO[C@H]1O[C@@H](CO)[C@@H](O)C(O)C1O)OC(=O)CC/C=C/C/C=C/CCCCCCCC. The second-order valence-corrected chi connectivity index (χ2v) is 15.1. The molecule has 1 heterocycles. The summed E-state index contributed by atoms with van der Waals surface area (Å²) in [5, 5.41) is 40.0. The summed E-state index contributed by atoms with van der Waals surface area (Å²) in [5.41, 5.74) is 0. The van der Waals surface area contributed by atoms with Crippen molar-refractivity contribution in [3.63, 3.8) is 0 Å². The summed E-state index contributed by atoms with van der Waals surface area (Å²) in [4.78, 5) is 25.3. The van der Waals surface area contributed by atoms with Crippen molar-refractivity contribution in [1.29, 1.82) is 0 Å². The Balaban J connectivity index is 2.34. The van der Waals surface area contributed by atoms with Gasteiger partial charge >= 0.3 is 11.9 Å². The molecule has 0 amide bonds. The van der Waals surface area contributed by atoms with Crippen molar-refractivity contribution < 1.29 is 49.0 Å². The number of hydrogen-bond acceptors (Lipinski definition) is 10. The van der Waals surface area contributed by atoms with Crippen molar-refractivity contribution in [2.75, 3.05) is 19.8 Å². The summed E-state index contributed by atoms with van der Waals surface area (Å²) in [5.74, 6) is -0.895. The predicted molar refractivity (Wildman–Crippen MR) is 228 cm³/mol. The number of unbranched alkanes of at least 4 members (excludes halogenated alkanes) is 15. The van der Waals surface area contributed by atoms with Crippen molar-refractivity contribution in [3.8, 4) is 0 Å². The fourth-order valence-corrected chi connectivity index (χ4v) is 6.37. The molecule has 0 radical (unpaired) electrons. The van der Waals surface area contributed by atoms with Gasteiger partial charge in [-0.1, -0.05) is 152 Å². The third-order valence-electron chi connectivity index (χ3n) is 9.90. The minimum atomic E-state index is -1.61. The van der Waals surface area contributed by atoms with Gasteiger partial charge in [-0.2, -0.15) is 0 Å². The number of ether oxygens (including phenoxy) is 4. The Morgan fingerprint density at radius 1 is 0.561 bits per heavy atom. The average Bonchev–Trinajstić information content (AvgIpc) is 3.21. The zero-order chi connectivity index (χ0) is 41.6. The molecular formula is C47H80O10. The molecule has 0 aromatic heterocycles. The van der Waals surface area contributed by atoms with E-state index in [4.69, 9.17) is 18.9 Å². The number of allylic oxidation sites excluding steroid dienone is 10. The molecule has 10 heteroatoms. The first-order chi connectivity index (χ1) is 27.8. The summed E-state index contributed by atoms with van der Waals surface area (Å²) in [6.07, 6.45) is 38.1. The van der Waals surface area contributed by atoms with Gasteiger partial charge in [-0.25, -0.2) is 0 Å².